The molecule has 1 aromatic rings. The maximum Gasteiger partial charge on any atom is 0.149 e. The number of nitrogens with two attached hydrogens (primary N) is 2. The largest absolute Gasteiger partial charge is 0.396 e. The van der Waals surface area contributed by atoms with Crippen molar-refractivity contribution >= 4 is 29.1 Å². The summed E-state index contributed by atoms with van der Waals surface area (Å²) in [5.74, 6) is 2.49. The van der Waals surface area contributed by atoms with Crippen LogP contribution in [0.15, 0.2) is 12.1 Å². The third-order valence-electron chi connectivity index (χ3n) is 3.10. The Morgan fingerprint density at radius 1 is 1.29 bits per heavy atom. The topological polar surface area (TPSA) is 68.2 Å². The Morgan fingerprint density at radius 3 is 2.76 bits per heavy atom. The molecule has 0 radical (unpaired) electrons. The molecule has 2 rings (SSSR count). The van der Waals surface area contributed by atoms with Gasteiger partial charge in [-0.05, 0) is 18.6 Å². The maximum atomic E-state index is 5.75. The van der Waals surface area contributed by atoms with Crippen LogP contribution in [0.3, 0.4) is 0 Å². The molecule has 0 amide bonds. The highest BCUT2D eigenvalue weighted by Crippen LogP contribution is 2.32. The molecule has 1 saturated heterocycles. The van der Waals surface area contributed by atoms with E-state index in [1.807, 2.05) is 23.9 Å². The first-order valence-corrected chi connectivity index (χ1v) is 6.87. The lowest BCUT2D eigenvalue weighted by Gasteiger charge is -2.23. The number of hydrogen-bond acceptors (Lipinski definition) is 5. The minimum absolute atomic E-state index is 0.355. The highest BCUT2D eigenvalue weighted by molar-refractivity contribution is 8.00. The van der Waals surface area contributed by atoms with Gasteiger partial charge in [0.25, 0.3) is 0 Å². The van der Waals surface area contributed by atoms with E-state index < -0.39 is 0 Å². The second kappa shape index (κ2) is 4.64. The first-order valence-electron chi connectivity index (χ1n) is 5.89. The number of nitrogen functional groups attached to an aromatic ring is 2. The van der Waals surface area contributed by atoms with Gasteiger partial charge >= 0.3 is 0 Å². The lowest BCUT2D eigenvalue weighted by atomic mass is 10.1. The van der Waals surface area contributed by atoms with Crippen molar-refractivity contribution in [3.8, 4) is 0 Å². The fraction of sp³-hybridized carbons (Fsp3) is 0.583. The van der Waals surface area contributed by atoms with Gasteiger partial charge in [0.15, 0.2) is 0 Å². The molecule has 0 aliphatic carbocycles. The average Bonchev–Trinajstić information content (AvgIpc) is 2.44. The van der Waals surface area contributed by atoms with Gasteiger partial charge in [0, 0.05) is 23.6 Å². The van der Waals surface area contributed by atoms with Crippen LogP contribution in [0.5, 0.6) is 0 Å². The fourth-order valence-electron chi connectivity index (χ4n) is 1.90. The van der Waals surface area contributed by atoms with E-state index in [9.17, 15) is 0 Å². The van der Waals surface area contributed by atoms with Crippen molar-refractivity contribution in [2.45, 2.75) is 25.0 Å². The third kappa shape index (κ3) is 2.97. The predicted molar refractivity (Wildman–Crippen MR) is 76.4 cm³/mol. The zero-order chi connectivity index (χ0) is 12.5. The van der Waals surface area contributed by atoms with Crippen molar-refractivity contribution in [2.24, 2.45) is 0 Å². The minimum Gasteiger partial charge on any atom is -0.396 e. The van der Waals surface area contributed by atoms with Crippen molar-refractivity contribution in [1.29, 1.82) is 0 Å². The molecule has 0 unspecified atom stereocenters. The molecule has 0 saturated carbocycles. The van der Waals surface area contributed by atoms with Gasteiger partial charge < -0.3 is 16.4 Å². The Labute approximate surface area is 107 Å². The summed E-state index contributed by atoms with van der Waals surface area (Å²) in [7, 11) is 0. The molecular weight excluding hydrogens is 232 g/mol. The highest BCUT2D eigenvalue weighted by Gasteiger charge is 2.24. The summed E-state index contributed by atoms with van der Waals surface area (Å²) in [4.78, 5) is 6.64. The predicted octanol–water partition coefficient (Wildman–Crippen LogP) is 1.97. The monoisotopic (exact) mass is 252 g/mol. The van der Waals surface area contributed by atoms with E-state index >= 15 is 0 Å². The van der Waals surface area contributed by atoms with E-state index in [1.54, 1.807) is 0 Å². The molecule has 0 aromatic carbocycles. The number of hydrogen-bond donors (Lipinski definition) is 2. The Hall–Kier alpha value is -1.10. The summed E-state index contributed by atoms with van der Waals surface area (Å²) in [5, 5.41) is 0. The Morgan fingerprint density at radius 2 is 2.06 bits per heavy atom. The SMILES string of the molecule is CC1(C)CCN(c2ccc(N)c(N)n2)CCS1. The van der Waals surface area contributed by atoms with Crippen LogP contribution in [-0.4, -0.2) is 28.6 Å². The van der Waals surface area contributed by atoms with Crippen molar-refractivity contribution in [1.82, 2.24) is 4.98 Å². The van der Waals surface area contributed by atoms with Crippen molar-refractivity contribution in [3.63, 3.8) is 0 Å². The summed E-state index contributed by atoms with van der Waals surface area (Å²) in [5.41, 5.74) is 12.0. The van der Waals surface area contributed by atoms with Crippen LogP contribution in [0.2, 0.25) is 0 Å². The van der Waals surface area contributed by atoms with Gasteiger partial charge in [-0.3, -0.25) is 0 Å². The lowest BCUT2D eigenvalue weighted by Crippen LogP contribution is -2.28. The number of rotatable bonds is 1. The van der Waals surface area contributed by atoms with Gasteiger partial charge in [-0.25, -0.2) is 4.98 Å². The smallest absolute Gasteiger partial charge is 0.149 e. The molecule has 17 heavy (non-hydrogen) atoms. The fourth-order valence-corrected chi connectivity index (χ4v) is 3.00. The van der Waals surface area contributed by atoms with Gasteiger partial charge in [0.1, 0.15) is 11.6 Å². The van der Waals surface area contributed by atoms with Crippen LogP contribution >= 0.6 is 11.8 Å². The van der Waals surface area contributed by atoms with Crippen LogP contribution in [0.4, 0.5) is 17.3 Å². The molecule has 1 aliphatic rings. The Bertz CT molecular complexity index is 405. The standard InChI is InChI=1S/C12H20N4S/c1-12(2)5-6-16(7-8-17-12)10-4-3-9(13)11(14)15-10/h3-4H,5-8,13H2,1-2H3,(H2,14,15). The van der Waals surface area contributed by atoms with E-state index in [-0.39, 0.29) is 0 Å². The average molecular weight is 252 g/mol. The lowest BCUT2D eigenvalue weighted by molar-refractivity contribution is 0.635. The molecule has 0 atom stereocenters. The number of thioether (sulfide) groups is 1. The van der Waals surface area contributed by atoms with Crippen molar-refractivity contribution < 1.29 is 0 Å². The summed E-state index contributed by atoms with van der Waals surface area (Å²) >= 11 is 2.02. The molecule has 1 aliphatic heterocycles. The number of aromatic nitrogens is 1. The van der Waals surface area contributed by atoms with E-state index in [0.29, 0.717) is 16.3 Å². The van der Waals surface area contributed by atoms with Gasteiger partial charge in [-0.2, -0.15) is 11.8 Å². The molecule has 94 valence electrons. The van der Waals surface area contributed by atoms with E-state index in [2.05, 4.69) is 23.7 Å². The highest BCUT2D eigenvalue weighted by atomic mass is 32.2. The van der Waals surface area contributed by atoms with Crippen LogP contribution in [0, 0.1) is 0 Å². The first kappa shape index (κ1) is 12.4. The van der Waals surface area contributed by atoms with Gasteiger partial charge in [-0.15, -0.1) is 0 Å². The first-order chi connectivity index (χ1) is 7.98. The summed E-state index contributed by atoms with van der Waals surface area (Å²) in [6.07, 6.45) is 1.16. The molecule has 5 heteroatoms. The Balaban J connectivity index is 2.14. The Kier molecular flexibility index (Phi) is 3.38. The van der Waals surface area contributed by atoms with Crippen LogP contribution < -0.4 is 16.4 Å². The minimum atomic E-state index is 0.355. The normalized spacial score (nSPS) is 20.0. The number of anilines is 3. The molecule has 1 aromatic heterocycles. The molecule has 2 heterocycles. The zero-order valence-electron chi connectivity index (χ0n) is 10.4. The van der Waals surface area contributed by atoms with Crippen molar-refractivity contribution in [2.75, 3.05) is 35.2 Å². The maximum absolute atomic E-state index is 5.75. The zero-order valence-corrected chi connectivity index (χ0v) is 11.3. The van der Waals surface area contributed by atoms with Gasteiger partial charge in [-0.1, -0.05) is 13.8 Å². The third-order valence-corrected chi connectivity index (χ3v) is 4.48. The second-order valence-corrected chi connectivity index (χ2v) is 6.79. The molecule has 4 nitrogen and oxygen atoms in total. The molecule has 0 spiro atoms. The van der Waals surface area contributed by atoms with Crippen molar-refractivity contribution in [3.05, 3.63) is 12.1 Å². The molecule has 4 N–H and O–H groups in total. The summed E-state index contributed by atoms with van der Waals surface area (Å²) in [6.45, 7) is 6.64. The molecule has 0 bridgehead atoms. The van der Waals surface area contributed by atoms with Crippen LogP contribution in [0.1, 0.15) is 20.3 Å². The quantitative estimate of drug-likeness (QED) is 0.800. The summed E-state index contributed by atoms with van der Waals surface area (Å²) < 4.78 is 0.355. The van der Waals surface area contributed by atoms with E-state index in [1.165, 1.54) is 0 Å². The number of pyridine rings is 1. The van der Waals surface area contributed by atoms with E-state index in [4.69, 9.17) is 11.5 Å². The molecular formula is C12H20N4S. The number of nitrogens with zero attached hydrogens (tertiary/aromatic N) is 2. The van der Waals surface area contributed by atoms with E-state index in [0.717, 1.165) is 31.1 Å². The van der Waals surface area contributed by atoms with Crippen LogP contribution in [-0.2, 0) is 0 Å². The van der Waals surface area contributed by atoms with Gasteiger partial charge in [0.05, 0.1) is 5.69 Å². The van der Waals surface area contributed by atoms with Crippen LogP contribution in [0.25, 0.3) is 0 Å². The summed E-state index contributed by atoms with van der Waals surface area (Å²) in [6, 6.07) is 3.79. The van der Waals surface area contributed by atoms with Gasteiger partial charge in [0.2, 0.25) is 0 Å². The second-order valence-electron chi connectivity index (χ2n) is 4.99. The molecule has 1 fully saturated rings.